The number of halogens is 1. The second-order valence-electron chi connectivity index (χ2n) is 11.5. The van der Waals surface area contributed by atoms with E-state index in [9.17, 15) is 17.6 Å². The Morgan fingerprint density at radius 2 is 1.76 bits per heavy atom. The van der Waals surface area contributed by atoms with Gasteiger partial charge in [0.2, 0.25) is 10.0 Å². The molecule has 1 aromatic carbocycles. The Bertz CT molecular complexity index is 1520. The number of anilines is 1. The van der Waals surface area contributed by atoms with E-state index in [1.165, 1.54) is 12.1 Å². The Morgan fingerprint density at radius 1 is 1.07 bits per heavy atom. The molecule has 12 heteroatoms. The summed E-state index contributed by atoms with van der Waals surface area (Å²) in [6, 6.07) is 8.18. The second kappa shape index (κ2) is 11.3. The van der Waals surface area contributed by atoms with Crippen molar-refractivity contribution in [3.63, 3.8) is 0 Å². The highest BCUT2D eigenvalue weighted by Gasteiger charge is 2.33. The molecule has 3 aliphatic rings. The summed E-state index contributed by atoms with van der Waals surface area (Å²) in [6.07, 6.45) is 6.10. The molecule has 2 saturated heterocycles. The number of rotatable bonds is 7. The van der Waals surface area contributed by atoms with Crippen molar-refractivity contribution in [1.29, 1.82) is 0 Å². The summed E-state index contributed by atoms with van der Waals surface area (Å²) in [5.74, 6) is -0.332. The number of aromatic nitrogens is 3. The number of fused-ring (bicyclic) bond motifs is 1. The fraction of sp³-hybridized carbons (Fsp3) is 0.552. The van der Waals surface area contributed by atoms with E-state index in [1.54, 1.807) is 22.9 Å². The van der Waals surface area contributed by atoms with Crippen molar-refractivity contribution in [2.45, 2.75) is 51.0 Å². The predicted molar refractivity (Wildman–Crippen MR) is 155 cm³/mol. The standard InChI is InChI=1S/C29H37FN6O4S/c1-19(34-14-16-40-17-15-34)20-10-12-35(13-11-20)25-18-24(29(37)33-41(2,38)39)31-28-26(25)27(21-4-3-5-21)32-36(28)23-8-6-22(30)7-9-23/h6-9,18-21H,3-5,10-17H2,1-2H3,(H,33,37). The Hall–Kier alpha value is -3.09. The number of nitrogens with one attached hydrogen (secondary N) is 1. The molecule has 41 heavy (non-hydrogen) atoms. The molecule has 220 valence electrons. The van der Waals surface area contributed by atoms with E-state index >= 15 is 0 Å². The summed E-state index contributed by atoms with van der Waals surface area (Å²) in [5, 5.41) is 5.87. The first kappa shape index (κ1) is 28.0. The van der Waals surface area contributed by atoms with Gasteiger partial charge in [-0.2, -0.15) is 5.10 Å². The number of piperidine rings is 1. The van der Waals surface area contributed by atoms with E-state index in [0.717, 1.165) is 94.5 Å². The largest absolute Gasteiger partial charge is 0.379 e. The quantitative estimate of drug-likeness (QED) is 0.450. The van der Waals surface area contributed by atoms with Crippen LogP contribution in [0.25, 0.3) is 16.7 Å². The normalized spacial score (nSPS) is 20.2. The zero-order chi connectivity index (χ0) is 28.7. The molecule has 1 aliphatic carbocycles. The third-order valence-corrected chi connectivity index (χ3v) is 9.46. The molecule has 1 unspecified atom stereocenters. The van der Waals surface area contributed by atoms with E-state index in [0.29, 0.717) is 23.3 Å². The maximum atomic E-state index is 13.8. The monoisotopic (exact) mass is 584 g/mol. The number of carbonyl (C=O) groups excluding carboxylic acids is 1. The fourth-order valence-corrected chi connectivity index (χ4v) is 6.79. The van der Waals surface area contributed by atoms with Gasteiger partial charge in [-0.1, -0.05) is 6.42 Å². The molecule has 3 aromatic rings. The van der Waals surface area contributed by atoms with Crippen LogP contribution in [-0.4, -0.2) is 85.7 Å². The predicted octanol–water partition coefficient (Wildman–Crippen LogP) is 3.45. The molecule has 1 N–H and O–H groups in total. The minimum absolute atomic E-state index is 0.00477. The summed E-state index contributed by atoms with van der Waals surface area (Å²) in [4.78, 5) is 22.6. The number of nitrogens with zero attached hydrogens (tertiary/aromatic N) is 5. The van der Waals surface area contributed by atoms with E-state index in [-0.39, 0.29) is 17.4 Å². The molecule has 4 heterocycles. The first-order chi connectivity index (χ1) is 19.7. The van der Waals surface area contributed by atoms with Gasteiger partial charge in [0.25, 0.3) is 5.91 Å². The van der Waals surface area contributed by atoms with Gasteiger partial charge in [-0.3, -0.25) is 9.69 Å². The van der Waals surface area contributed by atoms with Crippen molar-refractivity contribution in [1.82, 2.24) is 24.4 Å². The highest BCUT2D eigenvalue weighted by atomic mass is 32.2. The number of morpholine rings is 1. The van der Waals surface area contributed by atoms with Gasteiger partial charge < -0.3 is 9.64 Å². The number of pyridine rings is 1. The molecule has 1 saturated carbocycles. The van der Waals surface area contributed by atoms with Crippen molar-refractivity contribution >= 4 is 32.7 Å². The van der Waals surface area contributed by atoms with Gasteiger partial charge in [0.05, 0.1) is 41.9 Å². The van der Waals surface area contributed by atoms with Crippen molar-refractivity contribution in [2.75, 3.05) is 50.5 Å². The lowest BCUT2D eigenvalue weighted by Gasteiger charge is -2.41. The molecule has 6 rings (SSSR count). The van der Waals surface area contributed by atoms with Gasteiger partial charge in [0, 0.05) is 38.1 Å². The van der Waals surface area contributed by atoms with Gasteiger partial charge in [0.1, 0.15) is 11.5 Å². The smallest absolute Gasteiger partial charge is 0.283 e. The van der Waals surface area contributed by atoms with Crippen LogP contribution in [0.15, 0.2) is 30.3 Å². The van der Waals surface area contributed by atoms with Crippen LogP contribution >= 0.6 is 0 Å². The number of benzene rings is 1. The molecular weight excluding hydrogens is 547 g/mol. The number of hydrogen-bond acceptors (Lipinski definition) is 8. The minimum Gasteiger partial charge on any atom is -0.379 e. The van der Waals surface area contributed by atoms with E-state index in [4.69, 9.17) is 9.84 Å². The minimum atomic E-state index is -3.79. The zero-order valence-electron chi connectivity index (χ0n) is 23.6. The molecule has 2 aromatic heterocycles. The molecule has 0 bridgehead atoms. The molecule has 1 atom stereocenters. The first-order valence-electron chi connectivity index (χ1n) is 14.5. The Kier molecular flexibility index (Phi) is 7.73. The lowest BCUT2D eigenvalue weighted by atomic mass is 9.81. The van der Waals surface area contributed by atoms with Crippen LogP contribution in [0.2, 0.25) is 0 Å². The van der Waals surface area contributed by atoms with Gasteiger partial charge in [0.15, 0.2) is 5.65 Å². The summed E-state index contributed by atoms with van der Waals surface area (Å²) in [7, 11) is -3.79. The Balaban J connectivity index is 1.41. The summed E-state index contributed by atoms with van der Waals surface area (Å²) in [6.45, 7) is 7.38. The van der Waals surface area contributed by atoms with Crippen LogP contribution in [0.3, 0.4) is 0 Å². The maximum absolute atomic E-state index is 13.8. The SMILES string of the molecule is CC(C1CCN(c2cc(C(=O)NS(C)(=O)=O)nc3c2c(C2CCC2)nn3-c2ccc(F)cc2)CC1)N1CCOCC1. The third kappa shape index (κ3) is 5.82. The van der Waals surface area contributed by atoms with Crippen LogP contribution in [0, 0.1) is 11.7 Å². The molecule has 10 nitrogen and oxygen atoms in total. The molecule has 0 radical (unpaired) electrons. The third-order valence-electron chi connectivity index (χ3n) is 8.90. The average Bonchev–Trinajstić information content (AvgIpc) is 3.30. The molecule has 0 spiro atoms. The Labute approximate surface area is 239 Å². The molecular formula is C29H37FN6O4S. The highest BCUT2D eigenvalue weighted by Crippen LogP contribution is 2.43. The number of amides is 1. The van der Waals surface area contributed by atoms with Crippen LogP contribution in [0.5, 0.6) is 0 Å². The molecule has 3 fully saturated rings. The van der Waals surface area contributed by atoms with Gasteiger partial charge in [-0.15, -0.1) is 0 Å². The average molecular weight is 585 g/mol. The van der Waals surface area contributed by atoms with Crippen molar-refractivity contribution in [2.24, 2.45) is 5.92 Å². The van der Waals surface area contributed by atoms with Crippen LogP contribution in [-0.2, 0) is 14.8 Å². The van der Waals surface area contributed by atoms with Crippen LogP contribution in [0.4, 0.5) is 10.1 Å². The zero-order valence-corrected chi connectivity index (χ0v) is 24.4. The highest BCUT2D eigenvalue weighted by molar-refractivity contribution is 7.89. The van der Waals surface area contributed by atoms with E-state index in [2.05, 4.69) is 26.4 Å². The second-order valence-corrected chi connectivity index (χ2v) is 13.3. The fourth-order valence-electron chi connectivity index (χ4n) is 6.34. The van der Waals surface area contributed by atoms with Crippen molar-refractivity contribution in [3.05, 3.63) is 47.5 Å². The summed E-state index contributed by atoms with van der Waals surface area (Å²) >= 11 is 0. The number of ether oxygens (including phenoxy) is 1. The number of hydrogen-bond donors (Lipinski definition) is 1. The summed E-state index contributed by atoms with van der Waals surface area (Å²) < 4.78 is 46.9. The lowest BCUT2D eigenvalue weighted by molar-refractivity contribution is 0.00450. The van der Waals surface area contributed by atoms with Crippen LogP contribution < -0.4 is 9.62 Å². The van der Waals surface area contributed by atoms with E-state index < -0.39 is 15.9 Å². The van der Waals surface area contributed by atoms with Gasteiger partial charge in [-0.25, -0.2) is 27.2 Å². The Morgan fingerprint density at radius 3 is 2.37 bits per heavy atom. The van der Waals surface area contributed by atoms with Gasteiger partial charge in [-0.05, 0) is 68.9 Å². The first-order valence-corrected chi connectivity index (χ1v) is 16.4. The van der Waals surface area contributed by atoms with Crippen molar-refractivity contribution in [3.8, 4) is 5.69 Å². The number of sulfonamides is 1. The summed E-state index contributed by atoms with van der Waals surface area (Å²) in [5.41, 5.74) is 2.88. The van der Waals surface area contributed by atoms with E-state index in [1.807, 2.05) is 0 Å². The lowest BCUT2D eigenvalue weighted by Crippen LogP contribution is -2.48. The molecule has 1 amide bonds. The topological polar surface area (TPSA) is 110 Å². The van der Waals surface area contributed by atoms with Crippen molar-refractivity contribution < 1.29 is 22.3 Å². The maximum Gasteiger partial charge on any atom is 0.283 e. The van der Waals surface area contributed by atoms with Crippen LogP contribution in [0.1, 0.15) is 61.1 Å². The number of carbonyl (C=O) groups is 1. The van der Waals surface area contributed by atoms with Gasteiger partial charge >= 0.3 is 0 Å². The molecule has 2 aliphatic heterocycles.